The Balaban J connectivity index is 1.46. The second-order valence-corrected chi connectivity index (χ2v) is 10.8. The predicted octanol–water partition coefficient (Wildman–Crippen LogP) is 7.15. The highest BCUT2D eigenvalue weighted by atomic mass is 35.5. The lowest BCUT2D eigenvalue weighted by atomic mass is 9.98. The number of aryl methyl sites for hydroxylation is 2. The van der Waals surface area contributed by atoms with E-state index in [2.05, 4.69) is 29.7 Å². The number of carbonyl (C=O) groups is 1. The number of imidazole rings is 1. The molecule has 3 aromatic rings. The molecular formula is C28H36ClN3O3. The van der Waals surface area contributed by atoms with Crippen molar-refractivity contribution < 1.29 is 14.3 Å². The van der Waals surface area contributed by atoms with Crippen LogP contribution in [0.25, 0.3) is 11.0 Å². The Morgan fingerprint density at radius 2 is 1.91 bits per heavy atom. The summed E-state index contributed by atoms with van der Waals surface area (Å²) in [6.45, 7) is 9.81. The molecule has 1 saturated heterocycles. The first kappa shape index (κ1) is 25.4. The molecule has 1 aliphatic heterocycles. The third-order valence-corrected chi connectivity index (χ3v) is 6.67. The lowest BCUT2D eigenvalue weighted by molar-refractivity contribution is 0.00852. The number of amides is 1. The summed E-state index contributed by atoms with van der Waals surface area (Å²) < 4.78 is 14.0. The molecule has 188 valence electrons. The highest BCUT2D eigenvalue weighted by molar-refractivity contribution is 6.30. The van der Waals surface area contributed by atoms with Gasteiger partial charge in [0.15, 0.2) is 0 Å². The van der Waals surface area contributed by atoms with Crippen LogP contribution in [0, 0.1) is 6.92 Å². The summed E-state index contributed by atoms with van der Waals surface area (Å²) in [5.41, 5.74) is 2.80. The van der Waals surface area contributed by atoms with Crippen LogP contribution in [0.2, 0.25) is 5.02 Å². The van der Waals surface area contributed by atoms with Crippen LogP contribution in [0.1, 0.15) is 64.3 Å². The van der Waals surface area contributed by atoms with Crippen molar-refractivity contribution in [1.29, 1.82) is 0 Å². The van der Waals surface area contributed by atoms with E-state index in [1.807, 2.05) is 49.9 Å². The number of rotatable bonds is 7. The molecule has 1 atom stereocenters. The molecule has 1 fully saturated rings. The SMILES string of the molecule is Cc1cccc2c1nc(COc1ccc(Cl)cc1)n2CCCC1CCCCN1C(=O)OC(C)(C)C. The summed E-state index contributed by atoms with van der Waals surface area (Å²) in [5.74, 6) is 1.66. The van der Waals surface area contributed by atoms with Crippen LogP contribution in [0.4, 0.5) is 4.79 Å². The van der Waals surface area contributed by atoms with Gasteiger partial charge < -0.3 is 18.9 Å². The molecule has 0 N–H and O–H groups in total. The minimum atomic E-state index is -0.481. The summed E-state index contributed by atoms with van der Waals surface area (Å²) in [4.78, 5) is 19.6. The third kappa shape index (κ3) is 6.49. The smallest absolute Gasteiger partial charge is 0.410 e. The average Bonchev–Trinajstić information content (AvgIpc) is 3.17. The van der Waals surface area contributed by atoms with Gasteiger partial charge in [-0.1, -0.05) is 23.7 Å². The molecule has 0 saturated carbocycles. The van der Waals surface area contributed by atoms with E-state index in [1.165, 1.54) is 0 Å². The van der Waals surface area contributed by atoms with Gasteiger partial charge in [-0.05, 0) is 95.7 Å². The van der Waals surface area contributed by atoms with Crippen molar-refractivity contribution in [2.45, 2.75) is 84.6 Å². The van der Waals surface area contributed by atoms with Gasteiger partial charge in [0, 0.05) is 24.2 Å². The van der Waals surface area contributed by atoms with Crippen LogP contribution in [-0.2, 0) is 17.9 Å². The second-order valence-electron chi connectivity index (χ2n) is 10.3. The highest BCUT2D eigenvalue weighted by Crippen LogP contribution is 2.26. The first-order valence-corrected chi connectivity index (χ1v) is 12.9. The number of fused-ring (bicyclic) bond motifs is 1. The van der Waals surface area contributed by atoms with Crippen LogP contribution in [0.3, 0.4) is 0 Å². The summed E-state index contributed by atoms with van der Waals surface area (Å²) in [7, 11) is 0. The zero-order valence-corrected chi connectivity index (χ0v) is 22.0. The van der Waals surface area contributed by atoms with Gasteiger partial charge in [0.1, 0.15) is 23.8 Å². The van der Waals surface area contributed by atoms with Gasteiger partial charge in [-0.15, -0.1) is 0 Å². The molecular weight excluding hydrogens is 462 g/mol. The number of benzene rings is 2. The van der Waals surface area contributed by atoms with Gasteiger partial charge in [0.05, 0.1) is 11.0 Å². The molecule has 1 unspecified atom stereocenters. The fraction of sp³-hybridized carbons (Fsp3) is 0.500. The zero-order valence-electron chi connectivity index (χ0n) is 21.2. The molecule has 7 heteroatoms. The van der Waals surface area contributed by atoms with E-state index in [-0.39, 0.29) is 12.1 Å². The maximum atomic E-state index is 12.8. The quantitative estimate of drug-likeness (QED) is 0.348. The third-order valence-electron chi connectivity index (χ3n) is 6.42. The maximum absolute atomic E-state index is 12.8. The van der Waals surface area contributed by atoms with Gasteiger partial charge in [-0.25, -0.2) is 9.78 Å². The van der Waals surface area contributed by atoms with E-state index < -0.39 is 5.60 Å². The Labute approximate surface area is 213 Å². The van der Waals surface area contributed by atoms with Gasteiger partial charge >= 0.3 is 6.09 Å². The number of ether oxygens (including phenoxy) is 2. The molecule has 0 aliphatic carbocycles. The summed E-state index contributed by atoms with van der Waals surface area (Å²) >= 11 is 6.00. The Hall–Kier alpha value is -2.73. The van der Waals surface area contributed by atoms with E-state index >= 15 is 0 Å². The second kappa shape index (κ2) is 10.9. The number of carbonyl (C=O) groups excluding carboxylic acids is 1. The molecule has 1 aliphatic rings. The number of nitrogens with zero attached hydrogens (tertiary/aromatic N) is 3. The molecule has 0 spiro atoms. The predicted molar refractivity (Wildman–Crippen MR) is 140 cm³/mol. The van der Waals surface area contributed by atoms with Gasteiger partial charge in [-0.2, -0.15) is 0 Å². The van der Waals surface area contributed by atoms with Gasteiger partial charge in [-0.3, -0.25) is 0 Å². The van der Waals surface area contributed by atoms with E-state index in [0.29, 0.717) is 11.6 Å². The fourth-order valence-corrected chi connectivity index (χ4v) is 4.85. The van der Waals surface area contributed by atoms with Crippen molar-refractivity contribution in [1.82, 2.24) is 14.5 Å². The summed E-state index contributed by atoms with van der Waals surface area (Å²) in [6.07, 6.45) is 4.89. The van der Waals surface area contributed by atoms with Crippen molar-refractivity contribution in [3.8, 4) is 5.75 Å². The molecule has 6 nitrogen and oxygen atoms in total. The van der Waals surface area contributed by atoms with Crippen molar-refractivity contribution in [2.24, 2.45) is 0 Å². The fourth-order valence-electron chi connectivity index (χ4n) is 4.72. The lowest BCUT2D eigenvalue weighted by Crippen LogP contribution is -2.46. The summed E-state index contributed by atoms with van der Waals surface area (Å²) in [5, 5.41) is 0.684. The number of aromatic nitrogens is 2. The van der Waals surface area contributed by atoms with Crippen LogP contribution < -0.4 is 4.74 Å². The van der Waals surface area contributed by atoms with Crippen molar-refractivity contribution >= 4 is 28.7 Å². The number of hydrogen-bond acceptors (Lipinski definition) is 4. The van der Waals surface area contributed by atoms with Crippen LogP contribution >= 0.6 is 11.6 Å². The van der Waals surface area contributed by atoms with E-state index in [4.69, 9.17) is 26.1 Å². The number of para-hydroxylation sites is 1. The van der Waals surface area contributed by atoms with Crippen LogP contribution in [-0.4, -0.2) is 38.7 Å². The van der Waals surface area contributed by atoms with Crippen molar-refractivity contribution in [2.75, 3.05) is 6.54 Å². The lowest BCUT2D eigenvalue weighted by Gasteiger charge is -2.37. The minimum Gasteiger partial charge on any atom is -0.486 e. The largest absolute Gasteiger partial charge is 0.486 e. The molecule has 1 aromatic heterocycles. The Bertz CT molecular complexity index is 1150. The number of piperidine rings is 1. The standard InChI is InChI=1S/C28H36ClN3O3/c1-20-9-7-12-24-26(20)30-25(19-34-23-15-13-21(29)14-16-23)32(24)18-8-11-22-10-5-6-17-31(22)27(33)35-28(2,3)4/h7,9,12-16,22H,5-6,8,10-11,17-19H2,1-4H3. The molecule has 35 heavy (non-hydrogen) atoms. The van der Waals surface area contributed by atoms with E-state index in [9.17, 15) is 4.79 Å². The maximum Gasteiger partial charge on any atom is 0.410 e. The van der Waals surface area contributed by atoms with Crippen LogP contribution in [0.5, 0.6) is 5.75 Å². The first-order valence-electron chi connectivity index (χ1n) is 12.5. The van der Waals surface area contributed by atoms with E-state index in [0.717, 1.165) is 73.4 Å². The first-order chi connectivity index (χ1) is 16.7. The van der Waals surface area contributed by atoms with Gasteiger partial charge in [0.25, 0.3) is 0 Å². The highest BCUT2D eigenvalue weighted by Gasteiger charge is 2.30. The molecule has 0 bridgehead atoms. The van der Waals surface area contributed by atoms with Gasteiger partial charge in [0.2, 0.25) is 0 Å². The number of likely N-dealkylation sites (tertiary alicyclic amines) is 1. The summed E-state index contributed by atoms with van der Waals surface area (Å²) in [6, 6.07) is 13.9. The van der Waals surface area contributed by atoms with Crippen LogP contribution in [0.15, 0.2) is 42.5 Å². The molecule has 2 heterocycles. The Kier molecular flexibility index (Phi) is 7.90. The molecule has 2 aromatic carbocycles. The topological polar surface area (TPSA) is 56.6 Å². The molecule has 1 amide bonds. The minimum absolute atomic E-state index is 0.192. The molecule has 0 radical (unpaired) electrons. The number of halogens is 1. The monoisotopic (exact) mass is 497 g/mol. The number of hydrogen-bond donors (Lipinski definition) is 0. The Morgan fingerprint density at radius 3 is 2.66 bits per heavy atom. The average molecular weight is 498 g/mol. The van der Waals surface area contributed by atoms with Crippen molar-refractivity contribution in [3.05, 3.63) is 58.9 Å². The van der Waals surface area contributed by atoms with E-state index in [1.54, 1.807) is 0 Å². The molecule has 4 rings (SSSR count). The van der Waals surface area contributed by atoms with Crippen molar-refractivity contribution in [3.63, 3.8) is 0 Å². The normalized spacial score (nSPS) is 16.5. The zero-order chi connectivity index (χ0) is 25.0. The Morgan fingerprint density at radius 1 is 1.14 bits per heavy atom.